The zero-order valence-corrected chi connectivity index (χ0v) is 23.0. The largest absolute Gasteiger partial charge is 0.394 e. The first kappa shape index (κ1) is 34.0. The zero-order valence-electron chi connectivity index (χ0n) is 23.0. The van der Waals surface area contributed by atoms with Crippen molar-refractivity contribution in [2.45, 2.75) is 147 Å². The summed E-state index contributed by atoms with van der Waals surface area (Å²) in [6, 6.07) is -0.854. The maximum atomic E-state index is 11.7. The second-order valence-corrected chi connectivity index (χ2v) is 10.7. The number of amides is 1. The second kappa shape index (κ2) is 19.1. The number of hydrogen-bond acceptors (Lipinski definition) is 8. The van der Waals surface area contributed by atoms with Crippen LogP contribution in [0.1, 0.15) is 97.8 Å². The molecule has 1 heterocycles. The van der Waals surface area contributed by atoms with Crippen LogP contribution in [0.2, 0.25) is 0 Å². The van der Waals surface area contributed by atoms with Gasteiger partial charge in [0.1, 0.15) is 30.5 Å². The fourth-order valence-electron chi connectivity index (χ4n) is 4.89. The van der Waals surface area contributed by atoms with Gasteiger partial charge in [-0.3, -0.25) is 4.79 Å². The lowest BCUT2D eigenvalue weighted by atomic mass is 9.90. The number of nitrogens with one attached hydrogen (secondary N) is 1. The molecule has 1 amide bonds. The molecule has 0 radical (unpaired) electrons. The van der Waals surface area contributed by atoms with Crippen LogP contribution >= 0.6 is 0 Å². The van der Waals surface area contributed by atoms with Gasteiger partial charge in [0.2, 0.25) is 5.91 Å². The minimum absolute atomic E-state index is 0.106. The van der Waals surface area contributed by atoms with Crippen LogP contribution in [0.4, 0.5) is 0 Å². The summed E-state index contributed by atoms with van der Waals surface area (Å²) in [5.74, 6) is -0.518. The van der Waals surface area contributed by atoms with Gasteiger partial charge in [0.25, 0.3) is 0 Å². The summed E-state index contributed by atoms with van der Waals surface area (Å²) >= 11 is 0. The monoisotopic (exact) mass is 531 g/mol. The van der Waals surface area contributed by atoms with Gasteiger partial charge >= 0.3 is 0 Å². The molecule has 9 nitrogen and oxygen atoms in total. The van der Waals surface area contributed by atoms with E-state index in [2.05, 4.69) is 12.2 Å². The lowest BCUT2D eigenvalue weighted by molar-refractivity contribution is -0.228. The number of hydrogen-bond donors (Lipinski definition) is 7. The minimum atomic E-state index is -1.46. The number of ether oxygens (including phenoxy) is 1. The van der Waals surface area contributed by atoms with Gasteiger partial charge in [-0.2, -0.15) is 0 Å². The van der Waals surface area contributed by atoms with Gasteiger partial charge in [0, 0.05) is 6.92 Å². The molecule has 0 aromatic rings. The molecule has 1 aliphatic heterocycles. The average Bonchev–Trinajstić information content (AvgIpc) is 2.87. The molecule has 1 rings (SSSR count). The molecule has 37 heavy (non-hydrogen) atoms. The van der Waals surface area contributed by atoms with E-state index in [1.54, 1.807) is 6.08 Å². The van der Waals surface area contributed by atoms with E-state index in [0.717, 1.165) is 19.3 Å². The Labute approximate surface area is 222 Å². The third kappa shape index (κ3) is 12.6. The topological polar surface area (TPSA) is 160 Å². The van der Waals surface area contributed by atoms with Crippen LogP contribution in [0.25, 0.3) is 0 Å². The van der Waals surface area contributed by atoms with Gasteiger partial charge < -0.3 is 40.7 Å². The zero-order chi connectivity index (χ0) is 27.8. The number of rotatable bonds is 19. The fraction of sp³-hybridized carbons (Fsp3) is 0.893. The first-order valence-corrected chi connectivity index (χ1v) is 14.2. The highest BCUT2D eigenvalue weighted by Gasteiger charge is 2.42. The minimum Gasteiger partial charge on any atom is -0.394 e. The number of carbonyl (C=O) groups is 1. The Morgan fingerprint density at radius 2 is 1.41 bits per heavy atom. The Morgan fingerprint density at radius 1 is 0.865 bits per heavy atom. The van der Waals surface area contributed by atoms with Gasteiger partial charge in [0.15, 0.2) is 0 Å². The Morgan fingerprint density at radius 3 is 1.95 bits per heavy atom. The highest BCUT2D eigenvalue weighted by molar-refractivity contribution is 5.73. The second-order valence-electron chi connectivity index (χ2n) is 10.7. The lowest BCUT2D eigenvalue weighted by Crippen LogP contribution is -2.58. The van der Waals surface area contributed by atoms with Gasteiger partial charge in [-0.25, -0.2) is 0 Å². The van der Waals surface area contributed by atoms with Crippen LogP contribution in [0.3, 0.4) is 0 Å². The summed E-state index contributed by atoms with van der Waals surface area (Å²) in [6.07, 6.45) is 7.87. The Balaban J connectivity index is 2.50. The van der Waals surface area contributed by atoms with Crippen LogP contribution in [0, 0.1) is 5.92 Å². The van der Waals surface area contributed by atoms with E-state index in [1.807, 2.05) is 6.92 Å². The third-order valence-corrected chi connectivity index (χ3v) is 7.39. The first-order chi connectivity index (χ1) is 17.6. The molecule has 9 heteroatoms. The van der Waals surface area contributed by atoms with Crippen molar-refractivity contribution < 1.29 is 40.2 Å². The van der Waals surface area contributed by atoms with Crippen molar-refractivity contribution in [3.63, 3.8) is 0 Å². The maximum Gasteiger partial charge on any atom is 0.217 e. The molecule has 7 N–H and O–H groups in total. The van der Waals surface area contributed by atoms with E-state index in [-0.39, 0.29) is 18.2 Å². The Hall–Kier alpha value is -1.07. The summed E-state index contributed by atoms with van der Waals surface area (Å²) < 4.78 is 5.48. The number of aliphatic hydroxyl groups is 6. The van der Waals surface area contributed by atoms with E-state index in [9.17, 15) is 35.4 Å². The summed E-state index contributed by atoms with van der Waals surface area (Å²) in [6.45, 7) is 4.93. The SMILES string of the molecule is CCCCCCCCCCCCC(C)[C@@H](O)[C@@H](O)[C@H](/C=C/C[C@@H]1OC(CO)[C@H](O)[C@H](O)C1O)NC(C)=O. The van der Waals surface area contributed by atoms with Crippen molar-refractivity contribution in [2.75, 3.05) is 6.61 Å². The van der Waals surface area contributed by atoms with Gasteiger partial charge in [-0.05, 0) is 18.8 Å². The lowest BCUT2D eigenvalue weighted by Gasteiger charge is -2.39. The van der Waals surface area contributed by atoms with E-state index in [0.29, 0.717) is 0 Å². The molecule has 3 unspecified atom stereocenters. The molecule has 218 valence electrons. The van der Waals surface area contributed by atoms with Crippen molar-refractivity contribution in [3.05, 3.63) is 12.2 Å². The molecule has 0 aliphatic carbocycles. The average molecular weight is 532 g/mol. The van der Waals surface area contributed by atoms with Crippen LogP contribution in [0.15, 0.2) is 12.2 Å². The third-order valence-electron chi connectivity index (χ3n) is 7.39. The molecule has 9 atom stereocenters. The van der Waals surface area contributed by atoms with Crippen LogP contribution in [0.5, 0.6) is 0 Å². The highest BCUT2D eigenvalue weighted by Crippen LogP contribution is 2.24. The maximum absolute atomic E-state index is 11.7. The molecule has 1 aliphatic rings. The van der Waals surface area contributed by atoms with Crippen LogP contribution in [-0.4, -0.2) is 91.9 Å². The smallest absolute Gasteiger partial charge is 0.217 e. The van der Waals surface area contributed by atoms with Crippen molar-refractivity contribution >= 4 is 5.91 Å². The molecule has 0 aromatic heterocycles. The molecular formula is C28H53NO8. The summed E-state index contributed by atoms with van der Waals surface area (Å²) in [5, 5.41) is 63.6. The normalized spacial score (nSPS) is 27.6. The van der Waals surface area contributed by atoms with Crippen LogP contribution in [-0.2, 0) is 9.53 Å². The number of unbranched alkanes of at least 4 members (excludes halogenated alkanes) is 9. The molecule has 1 saturated heterocycles. The fourth-order valence-corrected chi connectivity index (χ4v) is 4.89. The quantitative estimate of drug-likeness (QED) is 0.0984. The van der Waals surface area contributed by atoms with Crippen molar-refractivity contribution in [3.8, 4) is 0 Å². The van der Waals surface area contributed by atoms with Crippen molar-refractivity contribution in [2.24, 2.45) is 5.92 Å². The number of carbonyl (C=O) groups excluding carboxylic acids is 1. The van der Waals surface area contributed by atoms with E-state index in [4.69, 9.17) is 4.74 Å². The molecule has 1 fully saturated rings. The molecule has 0 aromatic carbocycles. The van der Waals surface area contributed by atoms with Crippen LogP contribution < -0.4 is 5.32 Å². The van der Waals surface area contributed by atoms with E-state index < -0.39 is 55.4 Å². The Bertz CT molecular complexity index is 631. The summed E-state index contributed by atoms with van der Waals surface area (Å²) in [4.78, 5) is 11.7. The van der Waals surface area contributed by atoms with Gasteiger partial charge in [-0.1, -0.05) is 90.2 Å². The number of aliphatic hydroxyl groups excluding tert-OH is 6. The molecule has 0 saturated carbocycles. The molecule has 0 bridgehead atoms. The predicted molar refractivity (Wildman–Crippen MR) is 143 cm³/mol. The van der Waals surface area contributed by atoms with Crippen molar-refractivity contribution in [1.82, 2.24) is 5.32 Å². The molecular weight excluding hydrogens is 478 g/mol. The first-order valence-electron chi connectivity index (χ1n) is 14.2. The standard InChI is InChI=1S/C28H53NO8/c1-4-5-6-7-8-9-10-11-12-13-15-19(2)24(32)25(33)21(29-20(3)31)16-14-17-22-26(34)28(36)27(35)23(18-30)37-22/h14,16,19,21-28,30,32-36H,4-13,15,17-18H2,1-3H3,(H,29,31)/b16-14+/t19?,21-,22-,23?,24+,25-,26?,27-,28+/m0/s1. The molecule has 0 spiro atoms. The summed E-state index contributed by atoms with van der Waals surface area (Å²) in [7, 11) is 0. The van der Waals surface area contributed by atoms with Crippen molar-refractivity contribution in [1.29, 1.82) is 0 Å². The summed E-state index contributed by atoms with van der Waals surface area (Å²) in [5.41, 5.74) is 0. The highest BCUT2D eigenvalue weighted by atomic mass is 16.5. The predicted octanol–water partition coefficient (Wildman–Crippen LogP) is 1.95. The van der Waals surface area contributed by atoms with E-state index >= 15 is 0 Å². The Kier molecular flexibility index (Phi) is 17.5. The van der Waals surface area contributed by atoms with Gasteiger partial charge in [-0.15, -0.1) is 0 Å². The van der Waals surface area contributed by atoms with E-state index in [1.165, 1.54) is 64.4 Å². The van der Waals surface area contributed by atoms with Gasteiger partial charge in [0.05, 0.1) is 24.9 Å².